The van der Waals surface area contributed by atoms with Gasteiger partial charge in [0.05, 0.1) is 0 Å². The molecule has 0 saturated heterocycles. The number of guanidine groups is 1. The van der Waals surface area contributed by atoms with Gasteiger partial charge in [-0.15, -0.1) is 0 Å². The summed E-state index contributed by atoms with van der Waals surface area (Å²) in [5.41, 5.74) is 3.92. The monoisotopic (exact) mass is 287 g/mol. The molecule has 0 heterocycles. The Hall–Kier alpha value is -0.204. The zero-order valence-corrected chi connectivity index (χ0v) is 15.7. The fraction of sp³-hybridized carbons (Fsp3) is 0.286. The van der Waals surface area contributed by atoms with E-state index in [2.05, 4.69) is 58.7 Å². The van der Waals surface area contributed by atoms with Gasteiger partial charge in [0.15, 0.2) is 0 Å². The van der Waals surface area contributed by atoms with Gasteiger partial charge < -0.3 is 19.7 Å². The Morgan fingerprint density at radius 3 is 2.21 bits per heavy atom. The van der Waals surface area contributed by atoms with Crippen molar-refractivity contribution in [3.05, 3.63) is 50.2 Å². The summed E-state index contributed by atoms with van der Waals surface area (Å²) in [7, 11) is 3.41. The Balaban J connectivity index is -0.000000246. The minimum absolute atomic E-state index is 0. The Labute approximate surface area is 160 Å². The Kier molecular flexibility index (Phi) is 22.3. The number of nitrogens with zero attached hydrogens (tertiary/aromatic N) is 2. The van der Waals surface area contributed by atoms with E-state index in [4.69, 9.17) is 0 Å². The summed E-state index contributed by atoms with van der Waals surface area (Å²) in [5, 5.41) is 6.14. The topological polar surface area (TPSA) is 48.8 Å². The van der Waals surface area contributed by atoms with E-state index in [1.165, 1.54) is 5.56 Å². The molecule has 1 aromatic rings. The van der Waals surface area contributed by atoms with Crippen molar-refractivity contribution in [2.75, 3.05) is 14.1 Å². The number of rotatable bonds is 3. The minimum Gasteiger partial charge on any atom is -0.358 e. The molecule has 2 N–H and O–H groups in total. The molecule has 1 rings (SSSR count). The van der Waals surface area contributed by atoms with Crippen molar-refractivity contribution >= 4 is 12.7 Å². The fourth-order valence-electron chi connectivity index (χ4n) is 1.14. The molecular weight excluding hydrogens is 263 g/mol. The van der Waals surface area contributed by atoms with Crippen molar-refractivity contribution < 1.29 is 51.4 Å². The van der Waals surface area contributed by atoms with Gasteiger partial charge in [0.2, 0.25) is 5.96 Å². The van der Waals surface area contributed by atoms with E-state index in [-0.39, 0.29) is 58.8 Å². The first-order chi connectivity index (χ1) is 8.28. The first-order valence-electron chi connectivity index (χ1n) is 5.47. The number of hydrazone groups is 1. The quantitative estimate of drug-likeness (QED) is 0.254. The number of hydrogen-bond acceptors (Lipinski definition) is 2. The second-order valence-corrected chi connectivity index (χ2v) is 3.18. The third-order valence-electron chi connectivity index (χ3n) is 1.95. The van der Waals surface area contributed by atoms with Crippen LogP contribution in [0.15, 0.2) is 40.4 Å². The zero-order valence-electron chi connectivity index (χ0n) is 12.6. The fourth-order valence-corrected chi connectivity index (χ4v) is 1.14. The van der Waals surface area contributed by atoms with E-state index >= 15 is 0 Å². The van der Waals surface area contributed by atoms with E-state index < -0.39 is 0 Å². The normalized spacial score (nSPS) is 8.89. The number of benzene rings is 1. The van der Waals surface area contributed by atoms with Gasteiger partial charge in [0, 0.05) is 20.8 Å². The summed E-state index contributed by atoms with van der Waals surface area (Å²) in [6.07, 6.45) is 2.09. The van der Waals surface area contributed by atoms with Crippen molar-refractivity contribution in [2.45, 2.75) is 12.8 Å². The SMILES string of the molecule is C=NNC(=NC)NC.[CH2-]CCc1ccccc1.[CH3-].[K+]. The Morgan fingerprint density at radius 2 is 1.89 bits per heavy atom. The molecule has 0 aliphatic rings. The molecule has 0 amide bonds. The standard InChI is InChI=1S/C9H11.C4H10N4.CH3.K/c1-2-6-9-7-4-3-5-8-9;1-5-4(6-2)8-7-3;;/h3-5,7-8H,1-2,6H2;3H2,1-2H3,(H2,5,6,8);1H3;/q-1;;-1;+1. The van der Waals surface area contributed by atoms with Gasteiger partial charge >= 0.3 is 51.4 Å². The maximum absolute atomic E-state index is 3.78. The van der Waals surface area contributed by atoms with Crippen LogP contribution in [0.3, 0.4) is 0 Å². The van der Waals surface area contributed by atoms with Crippen LogP contribution >= 0.6 is 0 Å². The molecule has 0 spiro atoms. The molecule has 0 unspecified atom stereocenters. The third-order valence-corrected chi connectivity index (χ3v) is 1.95. The molecule has 0 aliphatic carbocycles. The summed E-state index contributed by atoms with van der Waals surface area (Å²) in [6, 6.07) is 10.4. The van der Waals surface area contributed by atoms with E-state index in [1.54, 1.807) is 14.1 Å². The molecule has 0 atom stereocenters. The van der Waals surface area contributed by atoms with Gasteiger partial charge in [-0.2, -0.15) is 11.5 Å². The van der Waals surface area contributed by atoms with Crippen LogP contribution < -0.4 is 62.1 Å². The largest absolute Gasteiger partial charge is 1.00 e. The first kappa shape index (κ1) is 23.9. The molecule has 4 nitrogen and oxygen atoms in total. The van der Waals surface area contributed by atoms with Crippen LogP contribution in [0.1, 0.15) is 12.0 Å². The molecular formula is C14H24KN4-. The average Bonchev–Trinajstić information content (AvgIpc) is 2.38. The van der Waals surface area contributed by atoms with Crippen LogP contribution in [0.4, 0.5) is 0 Å². The average molecular weight is 287 g/mol. The molecule has 0 aliphatic heterocycles. The number of aliphatic imine (C=N–C) groups is 1. The van der Waals surface area contributed by atoms with Gasteiger partial charge in [-0.05, 0) is 0 Å². The molecule has 5 heteroatoms. The first-order valence-corrected chi connectivity index (χ1v) is 5.47. The van der Waals surface area contributed by atoms with Crippen molar-refractivity contribution in [2.24, 2.45) is 10.1 Å². The molecule has 1 aromatic carbocycles. The van der Waals surface area contributed by atoms with Crippen LogP contribution in [-0.4, -0.2) is 26.8 Å². The second kappa shape index (κ2) is 17.8. The smallest absolute Gasteiger partial charge is 0.358 e. The predicted octanol–water partition coefficient (Wildman–Crippen LogP) is -0.696. The summed E-state index contributed by atoms with van der Waals surface area (Å²) in [5.74, 6) is 0.611. The second-order valence-electron chi connectivity index (χ2n) is 3.18. The van der Waals surface area contributed by atoms with Crippen LogP contribution in [0, 0.1) is 14.4 Å². The summed E-state index contributed by atoms with van der Waals surface area (Å²) >= 11 is 0. The maximum Gasteiger partial charge on any atom is 1.00 e. The van der Waals surface area contributed by atoms with Crippen LogP contribution in [0.2, 0.25) is 0 Å². The van der Waals surface area contributed by atoms with Crippen LogP contribution in [-0.2, 0) is 6.42 Å². The molecule has 0 aromatic heterocycles. The Morgan fingerprint density at radius 1 is 1.32 bits per heavy atom. The van der Waals surface area contributed by atoms with E-state index in [0.29, 0.717) is 5.96 Å². The van der Waals surface area contributed by atoms with Gasteiger partial charge in [-0.1, -0.05) is 42.3 Å². The van der Waals surface area contributed by atoms with Crippen molar-refractivity contribution in [3.8, 4) is 0 Å². The summed E-state index contributed by atoms with van der Waals surface area (Å²) < 4.78 is 0. The van der Waals surface area contributed by atoms with Crippen molar-refractivity contribution in [1.82, 2.24) is 10.7 Å². The summed E-state index contributed by atoms with van der Waals surface area (Å²) in [4.78, 5) is 3.76. The summed E-state index contributed by atoms with van der Waals surface area (Å²) in [6.45, 7) is 7.00. The van der Waals surface area contributed by atoms with Crippen LogP contribution in [0.25, 0.3) is 0 Å². The van der Waals surface area contributed by atoms with E-state index in [0.717, 1.165) is 12.8 Å². The van der Waals surface area contributed by atoms with Crippen molar-refractivity contribution in [1.29, 1.82) is 0 Å². The molecule has 0 bridgehead atoms. The molecule has 19 heavy (non-hydrogen) atoms. The van der Waals surface area contributed by atoms with Crippen molar-refractivity contribution in [3.63, 3.8) is 0 Å². The van der Waals surface area contributed by atoms with Gasteiger partial charge in [-0.25, -0.2) is 5.43 Å². The van der Waals surface area contributed by atoms with Gasteiger partial charge in [-0.3, -0.25) is 4.99 Å². The van der Waals surface area contributed by atoms with E-state index in [1.807, 2.05) is 6.07 Å². The number of nitrogens with one attached hydrogen (secondary N) is 2. The molecule has 0 saturated carbocycles. The van der Waals surface area contributed by atoms with E-state index in [9.17, 15) is 0 Å². The van der Waals surface area contributed by atoms with Crippen LogP contribution in [0.5, 0.6) is 0 Å². The Bertz CT molecular complexity index is 325. The maximum atomic E-state index is 3.78. The number of hydrogen-bond donors (Lipinski definition) is 2. The zero-order chi connectivity index (χ0) is 12.9. The van der Waals surface area contributed by atoms with Gasteiger partial charge in [0.1, 0.15) is 0 Å². The third kappa shape index (κ3) is 14.0. The number of aryl methyl sites for hydroxylation is 1. The minimum atomic E-state index is 0. The van der Waals surface area contributed by atoms with Gasteiger partial charge in [0.25, 0.3) is 0 Å². The predicted molar refractivity (Wildman–Crippen MR) is 81.6 cm³/mol. The molecule has 102 valence electrons. The molecule has 0 radical (unpaired) electrons. The molecule has 0 fully saturated rings.